The van der Waals surface area contributed by atoms with Crippen molar-refractivity contribution in [2.75, 3.05) is 10.6 Å². The Hall–Kier alpha value is -3.31. The van der Waals surface area contributed by atoms with E-state index in [1.54, 1.807) is 6.07 Å². The molecule has 156 valence electrons. The topological polar surface area (TPSA) is 102 Å². The maximum Gasteiger partial charge on any atom is 0.573 e. The molecule has 2 N–H and O–H groups in total. The Morgan fingerprint density at radius 1 is 1.00 bits per heavy atom. The van der Waals surface area contributed by atoms with E-state index >= 15 is 0 Å². The third kappa shape index (κ3) is 5.39. The van der Waals surface area contributed by atoms with E-state index in [0.717, 1.165) is 18.5 Å². The molecule has 0 atom stereocenters. The maximum atomic E-state index is 12.3. The first-order valence-electron chi connectivity index (χ1n) is 7.96. The fraction of sp³-hybridized carbons (Fsp3) is 0.0588. The molecule has 2 aromatic carbocycles. The summed E-state index contributed by atoms with van der Waals surface area (Å²) in [5, 5.41) is 17.6. The highest BCUT2D eigenvalue weighted by Gasteiger charge is 2.31. The van der Waals surface area contributed by atoms with Gasteiger partial charge in [0.2, 0.25) is 11.6 Å². The van der Waals surface area contributed by atoms with Gasteiger partial charge in [0.15, 0.2) is 0 Å². The second kappa shape index (κ2) is 8.59. The van der Waals surface area contributed by atoms with Gasteiger partial charge in [0.1, 0.15) is 12.1 Å². The molecule has 0 aliphatic rings. The van der Waals surface area contributed by atoms with Gasteiger partial charge in [-0.25, -0.2) is 9.97 Å². The van der Waals surface area contributed by atoms with Gasteiger partial charge in [0.25, 0.3) is 0 Å². The van der Waals surface area contributed by atoms with E-state index in [2.05, 4.69) is 25.3 Å². The highest BCUT2D eigenvalue weighted by Crippen LogP contribution is 2.36. The van der Waals surface area contributed by atoms with Crippen molar-refractivity contribution in [3.8, 4) is 5.75 Å². The molecule has 0 saturated carbocycles. The van der Waals surface area contributed by atoms with Crippen LogP contribution in [-0.4, -0.2) is 21.3 Å². The van der Waals surface area contributed by atoms with E-state index in [9.17, 15) is 23.3 Å². The van der Waals surface area contributed by atoms with Gasteiger partial charge in [-0.05, 0) is 42.5 Å². The van der Waals surface area contributed by atoms with Gasteiger partial charge in [0.05, 0.1) is 15.6 Å². The summed E-state index contributed by atoms with van der Waals surface area (Å²) in [5.41, 5.74) is 0.00721. The summed E-state index contributed by atoms with van der Waals surface area (Å²) in [6.45, 7) is 0. The number of nitro groups is 1. The number of ether oxygens (including phenoxy) is 1. The number of alkyl halides is 3. The molecule has 0 amide bonds. The van der Waals surface area contributed by atoms with Crippen LogP contribution in [0.25, 0.3) is 0 Å². The molecule has 0 radical (unpaired) electrons. The Kier molecular flexibility index (Phi) is 6.13. The Morgan fingerprint density at radius 2 is 1.63 bits per heavy atom. The SMILES string of the molecule is O=[N+]([O-])c1c(Nc2ccc(OC(F)(F)F)cc2)ncnc1Nc1cc(Cl)ccc1Cl. The Morgan fingerprint density at radius 3 is 2.23 bits per heavy atom. The third-order valence-corrected chi connectivity index (χ3v) is 4.10. The zero-order valence-electron chi connectivity index (χ0n) is 14.6. The molecule has 8 nitrogen and oxygen atoms in total. The second-order valence-corrected chi connectivity index (χ2v) is 6.47. The average Bonchev–Trinajstić information content (AvgIpc) is 2.65. The van der Waals surface area contributed by atoms with Crippen molar-refractivity contribution < 1.29 is 22.8 Å². The highest BCUT2D eigenvalue weighted by molar-refractivity contribution is 6.35. The normalized spacial score (nSPS) is 11.1. The minimum atomic E-state index is -4.83. The van der Waals surface area contributed by atoms with Crippen molar-refractivity contribution in [1.29, 1.82) is 0 Å². The fourth-order valence-electron chi connectivity index (χ4n) is 2.33. The lowest BCUT2D eigenvalue weighted by Gasteiger charge is -2.12. The zero-order valence-corrected chi connectivity index (χ0v) is 16.1. The number of aromatic nitrogens is 2. The van der Waals surface area contributed by atoms with Crippen LogP contribution in [-0.2, 0) is 0 Å². The van der Waals surface area contributed by atoms with Crippen LogP contribution in [0, 0.1) is 10.1 Å². The molecular formula is C17H10Cl2F3N5O3. The summed E-state index contributed by atoms with van der Waals surface area (Å²) in [5.74, 6) is -0.804. The first-order chi connectivity index (χ1) is 14.1. The quantitative estimate of drug-likeness (QED) is 0.340. The third-order valence-electron chi connectivity index (χ3n) is 3.54. The van der Waals surface area contributed by atoms with E-state index in [-0.39, 0.29) is 28.0 Å². The minimum Gasteiger partial charge on any atom is -0.406 e. The molecule has 1 aromatic heterocycles. The van der Waals surface area contributed by atoms with Gasteiger partial charge in [-0.1, -0.05) is 23.2 Å². The number of hydrogen-bond donors (Lipinski definition) is 2. The zero-order chi connectivity index (χ0) is 21.9. The number of halogens is 5. The molecular weight excluding hydrogens is 450 g/mol. The molecule has 3 aromatic rings. The first kappa shape index (κ1) is 21.4. The van der Waals surface area contributed by atoms with E-state index in [1.807, 2.05) is 0 Å². The molecule has 1 heterocycles. The highest BCUT2D eigenvalue weighted by atomic mass is 35.5. The van der Waals surface area contributed by atoms with Crippen LogP contribution in [0.1, 0.15) is 0 Å². The number of rotatable bonds is 6. The maximum absolute atomic E-state index is 12.3. The summed E-state index contributed by atoms with van der Waals surface area (Å²) < 4.78 is 40.5. The van der Waals surface area contributed by atoms with Crippen molar-refractivity contribution >= 4 is 51.9 Å². The Bertz CT molecular complexity index is 1080. The summed E-state index contributed by atoms with van der Waals surface area (Å²) in [6, 6.07) is 9.09. The second-order valence-electron chi connectivity index (χ2n) is 5.62. The largest absolute Gasteiger partial charge is 0.573 e. The number of nitrogens with one attached hydrogen (secondary N) is 2. The van der Waals surface area contributed by atoms with Crippen LogP contribution < -0.4 is 15.4 Å². The van der Waals surface area contributed by atoms with Crippen molar-refractivity contribution in [1.82, 2.24) is 9.97 Å². The summed E-state index contributed by atoms with van der Waals surface area (Å²) >= 11 is 12.0. The molecule has 30 heavy (non-hydrogen) atoms. The molecule has 0 aliphatic carbocycles. The standard InChI is InChI=1S/C17H10Cl2F3N5O3/c18-9-1-6-12(19)13(7-9)26-16-14(27(28)29)15(23-8-24-16)25-10-2-4-11(5-3-10)30-17(20,21)22/h1-8H,(H2,23,24,25,26). The lowest BCUT2D eigenvalue weighted by atomic mass is 10.3. The van der Waals surface area contributed by atoms with Crippen LogP contribution in [0.3, 0.4) is 0 Å². The van der Waals surface area contributed by atoms with Crippen molar-refractivity contribution in [2.45, 2.75) is 6.36 Å². The van der Waals surface area contributed by atoms with E-state index in [0.29, 0.717) is 5.02 Å². The van der Waals surface area contributed by atoms with Crippen LogP contribution in [0.15, 0.2) is 48.8 Å². The smallest absolute Gasteiger partial charge is 0.406 e. The molecule has 0 unspecified atom stereocenters. The molecule has 13 heteroatoms. The molecule has 0 saturated heterocycles. The molecule has 3 rings (SSSR count). The summed E-state index contributed by atoms with van der Waals surface area (Å²) in [7, 11) is 0. The van der Waals surface area contributed by atoms with E-state index in [4.69, 9.17) is 23.2 Å². The summed E-state index contributed by atoms with van der Waals surface area (Å²) in [4.78, 5) is 18.6. The number of hydrogen-bond acceptors (Lipinski definition) is 7. The Balaban J connectivity index is 1.89. The minimum absolute atomic E-state index is 0.168. The van der Waals surface area contributed by atoms with Gasteiger partial charge in [-0.3, -0.25) is 10.1 Å². The van der Waals surface area contributed by atoms with Crippen molar-refractivity contribution in [3.63, 3.8) is 0 Å². The molecule has 0 bridgehead atoms. The number of nitrogens with zero attached hydrogens (tertiary/aromatic N) is 3. The van der Waals surface area contributed by atoms with Crippen molar-refractivity contribution in [2.24, 2.45) is 0 Å². The van der Waals surface area contributed by atoms with Crippen LogP contribution >= 0.6 is 23.2 Å². The van der Waals surface area contributed by atoms with Crippen molar-refractivity contribution in [3.05, 3.63) is 69.0 Å². The van der Waals surface area contributed by atoms with Gasteiger partial charge >= 0.3 is 12.0 Å². The lowest BCUT2D eigenvalue weighted by Crippen LogP contribution is -2.17. The molecule has 0 aliphatic heterocycles. The molecule has 0 spiro atoms. The van der Waals surface area contributed by atoms with E-state index < -0.39 is 22.7 Å². The Labute approximate surface area is 176 Å². The monoisotopic (exact) mass is 459 g/mol. The van der Waals surface area contributed by atoms with Gasteiger partial charge in [-0.15, -0.1) is 13.2 Å². The van der Waals surface area contributed by atoms with Crippen LogP contribution in [0.2, 0.25) is 10.0 Å². The van der Waals surface area contributed by atoms with Gasteiger partial charge < -0.3 is 15.4 Å². The van der Waals surface area contributed by atoms with Gasteiger partial charge in [-0.2, -0.15) is 0 Å². The summed E-state index contributed by atoms with van der Waals surface area (Å²) in [6.07, 6.45) is -3.76. The van der Waals surface area contributed by atoms with E-state index in [1.165, 1.54) is 24.3 Å². The molecule has 0 fully saturated rings. The number of benzene rings is 2. The van der Waals surface area contributed by atoms with Crippen LogP contribution in [0.5, 0.6) is 5.75 Å². The van der Waals surface area contributed by atoms with Crippen LogP contribution in [0.4, 0.5) is 41.9 Å². The fourth-order valence-corrected chi connectivity index (χ4v) is 2.67. The predicted molar refractivity (Wildman–Crippen MR) is 105 cm³/mol. The first-order valence-corrected chi connectivity index (χ1v) is 8.72. The predicted octanol–water partition coefficient (Wildman–Crippen LogP) is 6.08. The number of anilines is 4. The average molecular weight is 460 g/mol. The van der Waals surface area contributed by atoms with Gasteiger partial charge in [0, 0.05) is 10.7 Å². The lowest BCUT2D eigenvalue weighted by molar-refractivity contribution is -0.383.